The largest absolute Gasteiger partial charge is 0.478 e. The second-order valence-corrected chi connectivity index (χ2v) is 8.66. The lowest BCUT2D eigenvalue weighted by Crippen LogP contribution is -2.26. The summed E-state index contributed by atoms with van der Waals surface area (Å²) in [7, 11) is 0. The number of nitrogens with one attached hydrogen (secondary N) is 1. The molecule has 2 N–H and O–H groups in total. The first-order chi connectivity index (χ1) is 16.6. The molecule has 2 heterocycles. The second kappa shape index (κ2) is 11.3. The summed E-state index contributed by atoms with van der Waals surface area (Å²) in [4.78, 5) is 18.6. The number of nitrogens with zero attached hydrogens (tertiary/aromatic N) is 2. The molecular weight excluding hydrogens is 426 g/mol. The average molecular weight is 460 g/mol. The van der Waals surface area contributed by atoms with Gasteiger partial charge < -0.3 is 15.2 Å². The molecule has 34 heavy (non-hydrogen) atoms. The molecule has 0 saturated carbocycles. The van der Waals surface area contributed by atoms with E-state index >= 15 is 0 Å². The predicted octanol–water partition coefficient (Wildman–Crippen LogP) is 5.54. The van der Waals surface area contributed by atoms with Crippen LogP contribution in [-0.4, -0.2) is 47.3 Å². The van der Waals surface area contributed by atoms with Crippen LogP contribution in [0, 0.1) is 0 Å². The number of rotatable bonds is 8. The Morgan fingerprint density at radius 3 is 2.41 bits per heavy atom. The Morgan fingerprint density at radius 1 is 1.00 bits per heavy atom. The summed E-state index contributed by atoms with van der Waals surface area (Å²) in [5.74, 6) is -0.923. The first-order valence-electron chi connectivity index (χ1n) is 12.1. The highest BCUT2D eigenvalue weighted by Gasteiger charge is 2.17. The zero-order valence-corrected chi connectivity index (χ0v) is 20.0. The lowest BCUT2D eigenvalue weighted by molar-refractivity contribution is 0.0697. The van der Waals surface area contributed by atoms with Gasteiger partial charge in [-0.15, -0.1) is 0 Å². The summed E-state index contributed by atoms with van der Waals surface area (Å²) >= 11 is 0. The number of benzene rings is 2. The van der Waals surface area contributed by atoms with Crippen molar-refractivity contribution >= 4 is 17.3 Å². The Labute approximate surface area is 201 Å². The minimum atomic E-state index is -0.923. The van der Waals surface area contributed by atoms with Crippen LogP contribution in [0.25, 0.3) is 11.1 Å². The van der Waals surface area contributed by atoms with E-state index in [2.05, 4.69) is 41.2 Å². The van der Waals surface area contributed by atoms with E-state index in [0.717, 1.165) is 85.6 Å². The molecule has 0 atom stereocenters. The maximum Gasteiger partial charge on any atom is 0.337 e. The normalized spacial score (nSPS) is 14.5. The number of carboxylic acid groups (broad SMARTS) is 1. The molecule has 2 aromatic carbocycles. The maximum atomic E-state index is 12.2. The fourth-order valence-electron chi connectivity index (χ4n) is 4.52. The summed E-state index contributed by atoms with van der Waals surface area (Å²) in [5.41, 5.74) is 7.53. The zero-order valence-electron chi connectivity index (χ0n) is 20.0. The molecule has 1 aliphatic heterocycles. The van der Waals surface area contributed by atoms with E-state index in [4.69, 9.17) is 4.74 Å². The summed E-state index contributed by atoms with van der Waals surface area (Å²) < 4.78 is 5.54. The smallest absolute Gasteiger partial charge is 0.337 e. The van der Waals surface area contributed by atoms with Gasteiger partial charge in [-0.2, -0.15) is 0 Å². The van der Waals surface area contributed by atoms with Gasteiger partial charge in [-0.25, -0.2) is 4.79 Å². The number of aryl methyl sites for hydroxylation is 2. The van der Waals surface area contributed by atoms with Crippen LogP contribution in [0.1, 0.15) is 47.3 Å². The van der Waals surface area contributed by atoms with Crippen LogP contribution in [0.5, 0.6) is 0 Å². The fraction of sp³-hybridized carbons (Fsp3) is 0.357. The molecule has 0 amide bonds. The molecule has 0 bridgehead atoms. The summed E-state index contributed by atoms with van der Waals surface area (Å²) in [6.07, 6.45) is 6.29. The van der Waals surface area contributed by atoms with E-state index in [1.165, 1.54) is 0 Å². The molecule has 0 radical (unpaired) electrons. The Balaban J connectivity index is 1.65. The molecule has 6 heteroatoms. The van der Waals surface area contributed by atoms with Crippen LogP contribution in [-0.2, 0) is 24.1 Å². The van der Waals surface area contributed by atoms with Crippen LogP contribution in [0.3, 0.4) is 0 Å². The number of ether oxygens (including phenoxy) is 1. The van der Waals surface area contributed by atoms with E-state index in [1.807, 2.05) is 24.3 Å². The monoisotopic (exact) mass is 459 g/mol. The van der Waals surface area contributed by atoms with Gasteiger partial charge in [0.1, 0.15) is 0 Å². The third-order valence-electron chi connectivity index (χ3n) is 6.37. The van der Waals surface area contributed by atoms with Gasteiger partial charge in [0.25, 0.3) is 0 Å². The topological polar surface area (TPSA) is 74.7 Å². The molecule has 0 unspecified atom stereocenters. The van der Waals surface area contributed by atoms with Gasteiger partial charge >= 0.3 is 5.97 Å². The van der Waals surface area contributed by atoms with Crippen molar-refractivity contribution in [1.29, 1.82) is 0 Å². The quantitative estimate of drug-likeness (QED) is 0.461. The average Bonchev–Trinajstić information content (AvgIpc) is 3.14. The minimum absolute atomic E-state index is 0.297. The van der Waals surface area contributed by atoms with Crippen molar-refractivity contribution < 1.29 is 14.6 Å². The lowest BCUT2D eigenvalue weighted by atomic mass is 9.95. The van der Waals surface area contributed by atoms with Crippen molar-refractivity contribution in [1.82, 2.24) is 9.88 Å². The molecule has 178 valence electrons. The number of carbonyl (C=O) groups is 1. The van der Waals surface area contributed by atoms with E-state index < -0.39 is 5.97 Å². The molecule has 6 nitrogen and oxygen atoms in total. The van der Waals surface area contributed by atoms with Crippen LogP contribution in [0.4, 0.5) is 11.4 Å². The standard InChI is InChI=1S/C28H33N3O3/c1-3-21-17-24(23-8-10-29-11-9-23)18-22(4-2)27(21)30-26-7-6-20(16-25(26)28(32)33)19-31-12-5-14-34-15-13-31/h6-11,16-18,30H,3-5,12-15,19H2,1-2H3,(H,32,33). The van der Waals surface area contributed by atoms with Gasteiger partial charge in [-0.3, -0.25) is 9.88 Å². The Morgan fingerprint density at radius 2 is 1.74 bits per heavy atom. The van der Waals surface area contributed by atoms with Crippen LogP contribution in [0.2, 0.25) is 0 Å². The molecule has 0 aliphatic carbocycles. The van der Waals surface area contributed by atoms with Crippen LogP contribution >= 0.6 is 0 Å². The molecule has 1 fully saturated rings. The lowest BCUT2D eigenvalue weighted by Gasteiger charge is -2.21. The molecular formula is C28H33N3O3. The maximum absolute atomic E-state index is 12.2. The van der Waals surface area contributed by atoms with Crippen LogP contribution < -0.4 is 5.32 Å². The molecule has 4 rings (SSSR count). The molecule has 1 saturated heterocycles. The van der Waals surface area contributed by atoms with Crippen molar-refractivity contribution in [2.45, 2.75) is 39.7 Å². The number of carboxylic acids is 1. The Hall–Kier alpha value is -3.22. The number of aromatic nitrogens is 1. The van der Waals surface area contributed by atoms with E-state index in [1.54, 1.807) is 18.5 Å². The zero-order chi connectivity index (χ0) is 23.9. The minimum Gasteiger partial charge on any atom is -0.478 e. The molecule has 0 spiro atoms. The third kappa shape index (κ3) is 5.64. The van der Waals surface area contributed by atoms with Gasteiger partial charge in [-0.05, 0) is 83.5 Å². The highest BCUT2D eigenvalue weighted by atomic mass is 16.5. The van der Waals surface area contributed by atoms with Gasteiger partial charge in [0.05, 0.1) is 17.9 Å². The van der Waals surface area contributed by atoms with E-state index in [0.29, 0.717) is 11.3 Å². The molecule has 1 aliphatic rings. The first-order valence-corrected chi connectivity index (χ1v) is 12.1. The third-order valence-corrected chi connectivity index (χ3v) is 6.37. The van der Waals surface area contributed by atoms with Gasteiger partial charge in [0.2, 0.25) is 0 Å². The molecule has 3 aromatic rings. The fourth-order valence-corrected chi connectivity index (χ4v) is 4.52. The van der Waals surface area contributed by atoms with Gasteiger partial charge in [-0.1, -0.05) is 19.9 Å². The Bertz CT molecular complexity index is 1100. The first kappa shape index (κ1) is 23.9. The number of hydrogen-bond acceptors (Lipinski definition) is 5. The Kier molecular flexibility index (Phi) is 7.93. The van der Waals surface area contributed by atoms with Crippen molar-refractivity contribution in [2.24, 2.45) is 0 Å². The predicted molar refractivity (Wildman–Crippen MR) is 136 cm³/mol. The number of hydrogen-bond donors (Lipinski definition) is 2. The second-order valence-electron chi connectivity index (χ2n) is 8.66. The van der Waals surface area contributed by atoms with Gasteiger partial charge in [0, 0.05) is 44.3 Å². The summed E-state index contributed by atoms with van der Waals surface area (Å²) in [6.45, 7) is 8.33. The van der Waals surface area contributed by atoms with E-state index in [-0.39, 0.29) is 0 Å². The van der Waals surface area contributed by atoms with Crippen molar-refractivity contribution in [3.05, 3.63) is 77.1 Å². The summed E-state index contributed by atoms with van der Waals surface area (Å²) in [6, 6.07) is 14.1. The van der Waals surface area contributed by atoms with E-state index in [9.17, 15) is 9.90 Å². The highest BCUT2D eigenvalue weighted by molar-refractivity contribution is 5.96. The van der Waals surface area contributed by atoms with Gasteiger partial charge in [0.15, 0.2) is 0 Å². The number of anilines is 2. The number of pyridine rings is 1. The highest BCUT2D eigenvalue weighted by Crippen LogP contribution is 2.33. The SMILES string of the molecule is CCc1cc(-c2ccncc2)cc(CC)c1Nc1ccc(CN2CCCOCC2)cc1C(=O)O. The summed E-state index contributed by atoms with van der Waals surface area (Å²) in [5, 5.41) is 13.5. The van der Waals surface area contributed by atoms with Crippen molar-refractivity contribution in [2.75, 3.05) is 31.6 Å². The van der Waals surface area contributed by atoms with Crippen LogP contribution in [0.15, 0.2) is 54.9 Å². The van der Waals surface area contributed by atoms with Crippen molar-refractivity contribution in [3.8, 4) is 11.1 Å². The van der Waals surface area contributed by atoms with Crippen molar-refractivity contribution in [3.63, 3.8) is 0 Å². The number of aromatic carboxylic acids is 1. The molecule has 1 aromatic heterocycles.